The van der Waals surface area contributed by atoms with Crippen molar-refractivity contribution in [2.24, 2.45) is 0 Å². The van der Waals surface area contributed by atoms with Gasteiger partial charge in [-0.3, -0.25) is 24.3 Å². The van der Waals surface area contributed by atoms with Crippen molar-refractivity contribution in [2.45, 2.75) is 20.0 Å². The number of carbonyl (C=O) groups excluding carboxylic acids is 1. The van der Waals surface area contributed by atoms with Crippen LogP contribution in [0, 0.1) is 10.1 Å². The quantitative estimate of drug-likeness (QED) is 0.575. The molecule has 0 atom stereocenters. The number of para-hydroxylation sites is 1. The predicted octanol–water partition coefficient (Wildman–Crippen LogP) is 1.93. The highest BCUT2D eigenvalue weighted by molar-refractivity contribution is 5.91. The first-order chi connectivity index (χ1) is 11.5. The van der Waals surface area contributed by atoms with Crippen LogP contribution in [0.3, 0.4) is 0 Å². The molecule has 0 radical (unpaired) electrons. The maximum Gasteiger partial charge on any atom is 0.285 e. The fourth-order valence-corrected chi connectivity index (χ4v) is 2.15. The van der Waals surface area contributed by atoms with Crippen LogP contribution in [0.5, 0.6) is 0 Å². The van der Waals surface area contributed by atoms with E-state index in [-0.39, 0.29) is 24.6 Å². The minimum absolute atomic E-state index is 0. The molecule has 2 rings (SSSR count). The Balaban J connectivity index is 0.00000312. The summed E-state index contributed by atoms with van der Waals surface area (Å²) in [5, 5.41) is 16.7. The zero-order valence-corrected chi connectivity index (χ0v) is 14.4. The van der Waals surface area contributed by atoms with E-state index < -0.39 is 16.4 Å². The van der Waals surface area contributed by atoms with E-state index in [4.69, 9.17) is 0 Å². The lowest BCUT2D eigenvalue weighted by Crippen LogP contribution is -2.27. The molecule has 0 saturated carbocycles. The smallest absolute Gasteiger partial charge is 0.285 e. The molecule has 0 aliphatic rings. The Hall–Kier alpha value is -2.71. The van der Waals surface area contributed by atoms with Crippen LogP contribution < -0.4 is 16.2 Å². The Kier molecular flexibility index (Phi) is 7.77. The van der Waals surface area contributed by atoms with E-state index in [1.165, 1.54) is 0 Å². The Morgan fingerprint density at radius 2 is 1.96 bits per heavy atom. The van der Waals surface area contributed by atoms with Gasteiger partial charge in [-0.25, -0.2) is 0 Å². The average Bonchev–Trinajstić information content (AvgIpc) is 2.56. The van der Waals surface area contributed by atoms with Crippen LogP contribution in [-0.2, 0) is 17.9 Å². The van der Waals surface area contributed by atoms with Gasteiger partial charge in [-0.05, 0) is 18.2 Å². The summed E-state index contributed by atoms with van der Waals surface area (Å²) in [7, 11) is 0. The number of nitrogens with one attached hydrogen (secondary N) is 2. The maximum absolute atomic E-state index is 12.2. The molecule has 0 bridgehead atoms. The number of carbonyl (C=O) groups is 1. The van der Waals surface area contributed by atoms with Crippen molar-refractivity contribution < 1.29 is 9.72 Å². The van der Waals surface area contributed by atoms with Gasteiger partial charge in [-0.15, -0.1) is 12.4 Å². The summed E-state index contributed by atoms with van der Waals surface area (Å²) in [6, 6.07) is 9.50. The molecule has 8 nitrogen and oxygen atoms in total. The van der Waals surface area contributed by atoms with Gasteiger partial charge in [0.05, 0.1) is 11.1 Å². The number of nitro groups is 1. The van der Waals surface area contributed by atoms with E-state index in [1.807, 2.05) is 19.1 Å². The molecule has 0 saturated heterocycles. The molecule has 0 unspecified atom stereocenters. The maximum atomic E-state index is 12.2. The summed E-state index contributed by atoms with van der Waals surface area (Å²) in [5.41, 5.74) is 0.840. The zero-order chi connectivity index (χ0) is 17.5. The first-order valence-electron chi connectivity index (χ1n) is 7.44. The molecule has 0 spiro atoms. The molecule has 0 aliphatic heterocycles. The molecular weight excluding hydrogens is 348 g/mol. The number of halogens is 1. The third kappa shape index (κ3) is 5.70. The second kappa shape index (κ2) is 9.55. The number of amides is 1. The van der Waals surface area contributed by atoms with Gasteiger partial charge in [-0.2, -0.15) is 0 Å². The standard InChI is InChI=1S/C16H18N4O4.ClH/c1-2-17-9-12-5-3-4-6-14(12)18-15(21)11-19-10-13(20(23)24)7-8-16(19)22;/h3-8,10,17H,2,9,11H2,1H3,(H,18,21);1H. The highest BCUT2D eigenvalue weighted by Crippen LogP contribution is 2.15. The van der Waals surface area contributed by atoms with Crippen molar-refractivity contribution in [3.63, 3.8) is 0 Å². The summed E-state index contributed by atoms with van der Waals surface area (Å²) in [6.07, 6.45) is 1.06. The van der Waals surface area contributed by atoms with Crippen molar-refractivity contribution in [1.82, 2.24) is 9.88 Å². The van der Waals surface area contributed by atoms with Crippen molar-refractivity contribution in [2.75, 3.05) is 11.9 Å². The number of anilines is 1. The lowest BCUT2D eigenvalue weighted by atomic mass is 10.1. The summed E-state index contributed by atoms with van der Waals surface area (Å²) in [4.78, 5) is 34.1. The van der Waals surface area contributed by atoms with Crippen LogP contribution in [0.1, 0.15) is 12.5 Å². The van der Waals surface area contributed by atoms with Crippen LogP contribution in [0.2, 0.25) is 0 Å². The summed E-state index contributed by atoms with van der Waals surface area (Å²) >= 11 is 0. The molecule has 0 aliphatic carbocycles. The van der Waals surface area contributed by atoms with E-state index in [9.17, 15) is 19.7 Å². The van der Waals surface area contributed by atoms with Crippen molar-refractivity contribution in [3.05, 3.63) is 68.6 Å². The predicted molar refractivity (Wildman–Crippen MR) is 97.1 cm³/mol. The Bertz CT molecular complexity index is 807. The molecule has 1 aromatic heterocycles. The van der Waals surface area contributed by atoms with Gasteiger partial charge in [0.15, 0.2) is 0 Å². The number of rotatable bonds is 7. The fraction of sp³-hybridized carbons (Fsp3) is 0.250. The minimum Gasteiger partial charge on any atom is -0.324 e. The van der Waals surface area contributed by atoms with Crippen LogP contribution in [0.4, 0.5) is 11.4 Å². The molecule has 2 aromatic rings. The number of hydrogen-bond acceptors (Lipinski definition) is 5. The van der Waals surface area contributed by atoms with Gasteiger partial charge >= 0.3 is 0 Å². The average molecular weight is 367 g/mol. The number of benzene rings is 1. The molecule has 1 amide bonds. The minimum atomic E-state index is -0.612. The second-order valence-corrected chi connectivity index (χ2v) is 5.10. The molecule has 25 heavy (non-hydrogen) atoms. The largest absolute Gasteiger partial charge is 0.324 e. The number of nitrogens with zero attached hydrogens (tertiary/aromatic N) is 2. The summed E-state index contributed by atoms with van der Waals surface area (Å²) in [6.45, 7) is 3.08. The van der Waals surface area contributed by atoms with Crippen molar-refractivity contribution >= 4 is 29.7 Å². The first kappa shape index (κ1) is 20.3. The highest BCUT2D eigenvalue weighted by Gasteiger charge is 2.12. The van der Waals surface area contributed by atoms with E-state index >= 15 is 0 Å². The highest BCUT2D eigenvalue weighted by atomic mass is 35.5. The Morgan fingerprint density at radius 3 is 2.64 bits per heavy atom. The second-order valence-electron chi connectivity index (χ2n) is 5.10. The molecule has 9 heteroatoms. The molecule has 1 aromatic carbocycles. The molecule has 134 valence electrons. The lowest BCUT2D eigenvalue weighted by molar-refractivity contribution is -0.385. The van der Waals surface area contributed by atoms with Gasteiger partial charge in [0, 0.05) is 24.4 Å². The molecule has 0 fully saturated rings. The Morgan fingerprint density at radius 1 is 1.24 bits per heavy atom. The number of aromatic nitrogens is 1. The van der Waals surface area contributed by atoms with Crippen molar-refractivity contribution in [1.29, 1.82) is 0 Å². The van der Waals surface area contributed by atoms with Gasteiger partial charge in [0.2, 0.25) is 5.91 Å². The van der Waals surface area contributed by atoms with Crippen LogP contribution in [-0.4, -0.2) is 21.9 Å². The zero-order valence-electron chi connectivity index (χ0n) is 13.6. The normalized spacial score (nSPS) is 9.96. The monoisotopic (exact) mass is 366 g/mol. The van der Waals surface area contributed by atoms with Crippen LogP contribution >= 0.6 is 12.4 Å². The topological polar surface area (TPSA) is 106 Å². The Labute approximate surface area is 150 Å². The van der Waals surface area contributed by atoms with E-state index in [1.54, 1.807) is 12.1 Å². The lowest BCUT2D eigenvalue weighted by Gasteiger charge is -2.12. The van der Waals surface area contributed by atoms with E-state index in [0.29, 0.717) is 12.2 Å². The third-order valence-electron chi connectivity index (χ3n) is 3.35. The van der Waals surface area contributed by atoms with Gasteiger partial charge in [-0.1, -0.05) is 25.1 Å². The molecular formula is C16H19ClN4O4. The molecule has 2 N–H and O–H groups in total. The van der Waals surface area contributed by atoms with Gasteiger partial charge in [0.1, 0.15) is 6.54 Å². The third-order valence-corrected chi connectivity index (χ3v) is 3.35. The van der Waals surface area contributed by atoms with Gasteiger partial charge < -0.3 is 10.6 Å². The van der Waals surface area contributed by atoms with E-state index in [0.717, 1.165) is 35.0 Å². The number of pyridine rings is 1. The summed E-state index contributed by atoms with van der Waals surface area (Å²) < 4.78 is 1.01. The SMILES string of the molecule is CCNCc1ccccc1NC(=O)Cn1cc([N+](=O)[O-])ccc1=O.Cl. The van der Waals surface area contributed by atoms with Crippen molar-refractivity contribution in [3.8, 4) is 0 Å². The number of hydrogen-bond donors (Lipinski definition) is 2. The molecule has 1 heterocycles. The van der Waals surface area contributed by atoms with Crippen LogP contribution in [0.15, 0.2) is 47.4 Å². The fourth-order valence-electron chi connectivity index (χ4n) is 2.15. The van der Waals surface area contributed by atoms with Gasteiger partial charge in [0.25, 0.3) is 11.2 Å². The van der Waals surface area contributed by atoms with E-state index in [2.05, 4.69) is 10.6 Å². The summed E-state index contributed by atoms with van der Waals surface area (Å²) in [5.74, 6) is -0.429. The first-order valence-corrected chi connectivity index (χ1v) is 7.44. The van der Waals surface area contributed by atoms with Crippen LogP contribution in [0.25, 0.3) is 0 Å².